The fraction of sp³-hybridized carbons (Fsp3) is 0.214. The summed E-state index contributed by atoms with van der Waals surface area (Å²) in [6.45, 7) is 5.91. The van der Waals surface area contributed by atoms with Crippen LogP contribution >= 0.6 is 0 Å². The number of para-hydroxylation sites is 1. The zero-order valence-corrected chi connectivity index (χ0v) is 18.8. The fourth-order valence-electron chi connectivity index (χ4n) is 4.68. The van der Waals surface area contributed by atoms with Gasteiger partial charge in [-0.05, 0) is 29.7 Å². The second-order valence-corrected chi connectivity index (χ2v) is 8.57. The summed E-state index contributed by atoms with van der Waals surface area (Å²) in [5.41, 5.74) is 4.65. The normalized spacial score (nSPS) is 17.2. The maximum atomic E-state index is 13.7. The van der Waals surface area contributed by atoms with E-state index in [4.69, 9.17) is 0 Å². The number of imide groups is 1. The highest BCUT2D eigenvalue weighted by atomic mass is 16.2. The van der Waals surface area contributed by atoms with E-state index >= 15 is 0 Å². The van der Waals surface area contributed by atoms with Gasteiger partial charge in [-0.1, -0.05) is 78.9 Å². The number of carbonyl (C=O) groups excluding carboxylic acids is 2. The molecule has 1 saturated heterocycles. The minimum atomic E-state index is -0.248. The first-order valence-electron chi connectivity index (χ1n) is 11.4. The molecular weight excluding hydrogens is 410 g/mol. The molecule has 2 aliphatic rings. The Morgan fingerprint density at radius 3 is 1.97 bits per heavy atom. The number of anilines is 1. The van der Waals surface area contributed by atoms with Crippen molar-refractivity contribution in [1.29, 1.82) is 0 Å². The van der Waals surface area contributed by atoms with E-state index in [9.17, 15) is 9.59 Å². The predicted molar refractivity (Wildman–Crippen MR) is 130 cm³/mol. The average molecular weight is 438 g/mol. The lowest BCUT2D eigenvalue weighted by molar-refractivity contribution is -0.120. The molecular formula is C28H27N3O2. The van der Waals surface area contributed by atoms with E-state index in [1.165, 1.54) is 10.5 Å². The van der Waals surface area contributed by atoms with Gasteiger partial charge in [-0.2, -0.15) is 0 Å². The van der Waals surface area contributed by atoms with Gasteiger partial charge in [0.25, 0.3) is 11.8 Å². The maximum absolute atomic E-state index is 13.7. The van der Waals surface area contributed by atoms with E-state index < -0.39 is 0 Å². The molecule has 5 nitrogen and oxygen atoms in total. The van der Waals surface area contributed by atoms with E-state index in [0.29, 0.717) is 30.0 Å². The quantitative estimate of drug-likeness (QED) is 0.564. The van der Waals surface area contributed by atoms with E-state index in [1.807, 2.05) is 67.6 Å². The second-order valence-electron chi connectivity index (χ2n) is 8.57. The van der Waals surface area contributed by atoms with Crippen molar-refractivity contribution in [3.8, 4) is 0 Å². The lowest BCUT2D eigenvalue weighted by Crippen LogP contribution is -2.47. The number of carbonyl (C=O) groups is 2. The molecule has 5 rings (SSSR count). The lowest BCUT2D eigenvalue weighted by atomic mass is 10.0. The third-order valence-corrected chi connectivity index (χ3v) is 6.42. The maximum Gasteiger partial charge on any atom is 0.282 e. The van der Waals surface area contributed by atoms with Crippen LogP contribution in [0.15, 0.2) is 90.6 Å². The van der Waals surface area contributed by atoms with E-state index in [2.05, 4.69) is 34.1 Å². The van der Waals surface area contributed by atoms with Crippen LogP contribution in [-0.4, -0.2) is 47.8 Å². The minimum absolute atomic E-state index is 0.232. The van der Waals surface area contributed by atoms with Gasteiger partial charge in [0.1, 0.15) is 5.70 Å². The average Bonchev–Trinajstić information content (AvgIpc) is 3.11. The van der Waals surface area contributed by atoms with E-state index in [1.54, 1.807) is 0 Å². The van der Waals surface area contributed by atoms with Gasteiger partial charge >= 0.3 is 0 Å². The van der Waals surface area contributed by atoms with Crippen molar-refractivity contribution >= 4 is 23.1 Å². The van der Waals surface area contributed by atoms with Gasteiger partial charge in [0.15, 0.2) is 0 Å². The highest BCUT2D eigenvalue weighted by Crippen LogP contribution is 2.36. The van der Waals surface area contributed by atoms with Gasteiger partial charge in [-0.15, -0.1) is 0 Å². The molecule has 3 aromatic rings. The summed E-state index contributed by atoms with van der Waals surface area (Å²) >= 11 is 0. The molecule has 0 N–H and O–H groups in total. The number of nitrogens with zero attached hydrogens (tertiary/aromatic N) is 3. The van der Waals surface area contributed by atoms with Crippen LogP contribution in [0.2, 0.25) is 0 Å². The van der Waals surface area contributed by atoms with Gasteiger partial charge in [-0.3, -0.25) is 14.5 Å². The van der Waals surface area contributed by atoms with Gasteiger partial charge in [0, 0.05) is 32.7 Å². The molecule has 0 aromatic heterocycles. The molecule has 0 unspecified atom stereocenters. The molecule has 2 aliphatic heterocycles. The molecule has 0 saturated carbocycles. The molecule has 1 fully saturated rings. The number of amides is 2. The summed E-state index contributed by atoms with van der Waals surface area (Å²) in [6.07, 6.45) is 0. The topological polar surface area (TPSA) is 43.9 Å². The Bertz CT molecular complexity index is 1200. The Morgan fingerprint density at radius 1 is 0.697 bits per heavy atom. The van der Waals surface area contributed by atoms with Gasteiger partial charge in [-0.25, -0.2) is 4.90 Å². The third-order valence-electron chi connectivity index (χ3n) is 6.42. The highest BCUT2D eigenvalue weighted by Gasteiger charge is 2.43. The molecule has 0 spiro atoms. The van der Waals surface area contributed by atoms with Gasteiger partial charge in [0.05, 0.1) is 11.3 Å². The molecule has 0 bridgehead atoms. The van der Waals surface area contributed by atoms with Crippen molar-refractivity contribution in [2.24, 2.45) is 0 Å². The summed E-state index contributed by atoms with van der Waals surface area (Å²) in [5.74, 6) is -0.480. The van der Waals surface area contributed by atoms with Crippen molar-refractivity contribution in [3.05, 3.63) is 107 Å². The molecule has 2 heterocycles. The second kappa shape index (κ2) is 9.04. The first-order chi connectivity index (χ1) is 16.1. The summed E-state index contributed by atoms with van der Waals surface area (Å²) < 4.78 is 0. The van der Waals surface area contributed by atoms with Crippen LogP contribution in [-0.2, 0) is 16.1 Å². The molecule has 33 heavy (non-hydrogen) atoms. The lowest BCUT2D eigenvalue weighted by Gasteiger charge is -2.36. The van der Waals surface area contributed by atoms with Crippen LogP contribution in [0.1, 0.15) is 16.7 Å². The number of rotatable bonds is 5. The van der Waals surface area contributed by atoms with Crippen LogP contribution in [0.25, 0.3) is 5.57 Å². The molecule has 3 aromatic carbocycles. The van der Waals surface area contributed by atoms with E-state index in [-0.39, 0.29) is 11.8 Å². The minimum Gasteiger partial charge on any atom is -0.364 e. The highest BCUT2D eigenvalue weighted by molar-refractivity contribution is 6.45. The molecule has 5 heteroatoms. The van der Waals surface area contributed by atoms with Crippen LogP contribution in [0, 0.1) is 6.92 Å². The molecule has 0 atom stereocenters. The zero-order chi connectivity index (χ0) is 22.8. The number of benzene rings is 3. The summed E-state index contributed by atoms with van der Waals surface area (Å²) in [7, 11) is 0. The van der Waals surface area contributed by atoms with Crippen LogP contribution < -0.4 is 4.90 Å². The first-order valence-corrected chi connectivity index (χ1v) is 11.4. The SMILES string of the molecule is Cc1ccccc1N1C(=O)C(c2ccccc2)=C(N2CCN(Cc3ccccc3)CC2)C1=O. The van der Waals surface area contributed by atoms with Crippen molar-refractivity contribution < 1.29 is 9.59 Å². The van der Waals surface area contributed by atoms with Crippen molar-refractivity contribution in [1.82, 2.24) is 9.80 Å². The molecule has 2 amide bonds. The third kappa shape index (κ3) is 4.08. The monoisotopic (exact) mass is 437 g/mol. The van der Waals surface area contributed by atoms with Crippen LogP contribution in [0.5, 0.6) is 0 Å². The number of hydrogen-bond acceptors (Lipinski definition) is 4. The smallest absolute Gasteiger partial charge is 0.282 e. The summed E-state index contributed by atoms with van der Waals surface area (Å²) in [6, 6.07) is 27.5. The van der Waals surface area contributed by atoms with Crippen molar-refractivity contribution in [2.45, 2.75) is 13.5 Å². The Hall–Kier alpha value is -3.70. The molecule has 166 valence electrons. The Labute approximate surface area is 194 Å². The molecule has 0 radical (unpaired) electrons. The zero-order valence-electron chi connectivity index (χ0n) is 18.8. The van der Waals surface area contributed by atoms with Gasteiger partial charge < -0.3 is 4.90 Å². The molecule has 0 aliphatic carbocycles. The standard InChI is InChI=1S/C28H27N3O2/c1-21-10-8-9-15-24(21)31-27(32)25(23-13-6-3-7-14-23)26(28(31)33)30-18-16-29(17-19-30)20-22-11-4-2-5-12-22/h2-15H,16-20H2,1H3. The van der Waals surface area contributed by atoms with Crippen molar-refractivity contribution in [3.63, 3.8) is 0 Å². The Balaban J connectivity index is 1.44. The van der Waals surface area contributed by atoms with Crippen LogP contribution in [0.3, 0.4) is 0 Å². The number of hydrogen-bond donors (Lipinski definition) is 0. The largest absolute Gasteiger partial charge is 0.364 e. The van der Waals surface area contributed by atoms with Crippen molar-refractivity contribution in [2.75, 3.05) is 31.1 Å². The number of aryl methyl sites for hydroxylation is 1. The Morgan fingerprint density at radius 2 is 1.30 bits per heavy atom. The number of piperazine rings is 1. The van der Waals surface area contributed by atoms with E-state index in [0.717, 1.165) is 30.8 Å². The Kier molecular flexibility index (Phi) is 5.80. The van der Waals surface area contributed by atoms with Crippen LogP contribution in [0.4, 0.5) is 5.69 Å². The van der Waals surface area contributed by atoms with Gasteiger partial charge in [0.2, 0.25) is 0 Å². The fourth-order valence-corrected chi connectivity index (χ4v) is 4.68. The summed E-state index contributed by atoms with van der Waals surface area (Å²) in [5, 5.41) is 0. The first kappa shape index (κ1) is 21.2. The predicted octanol–water partition coefficient (Wildman–Crippen LogP) is 4.10. The summed E-state index contributed by atoms with van der Waals surface area (Å²) in [4.78, 5) is 33.2.